The molecule has 3 rings (SSSR count). The molecule has 1 aliphatic heterocycles. The molecule has 0 spiro atoms. The number of carbonyl (C=O) groups is 2. The smallest absolute Gasteiger partial charge is 0.306 e. The molecule has 6 nitrogen and oxygen atoms in total. The summed E-state index contributed by atoms with van der Waals surface area (Å²) in [6.45, 7) is 2.67. The summed E-state index contributed by atoms with van der Waals surface area (Å²) in [6, 6.07) is 14.5. The van der Waals surface area contributed by atoms with E-state index in [-0.39, 0.29) is 12.6 Å². The third-order valence-electron chi connectivity index (χ3n) is 4.30. The predicted molar refractivity (Wildman–Crippen MR) is 95.4 cm³/mol. The number of para-hydroxylation sites is 1. The SMILES string of the molecule is CC(Cc1ccc(OCCN2COc3ccccc3C2=O)cc1)C(=O)O. The molecule has 1 atom stereocenters. The van der Waals surface area contributed by atoms with Crippen molar-refractivity contribution in [1.29, 1.82) is 0 Å². The summed E-state index contributed by atoms with van der Waals surface area (Å²) in [5, 5.41) is 8.95. The molecule has 0 radical (unpaired) electrons. The first kappa shape index (κ1) is 17.8. The van der Waals surface area contributed by atoms with Crippen LogP contribution in [0.25, 0.3) is 0 Å². The van der Waals surface area contributed by atoms with Gasteiger partial charge in [-0.3, -0.25) is 9.59 Å². The van der Waals surface area contributed by atoms with Gasteiger partial charge in [-0.2, -0.15) is 0 Å². The molecule has 1 N–H and O–H groups in total. The van der Waals surface area contributed by atoms with Gasteiger partial charge in [-0.05, 0) is 36.2 Å². The van der Waals surface area contributed by atoms with Crippen molar-refractivity contribution in [2.24, 2.45) is 5.92 Å². The predicted octanol–water partition coefficient (Wildman–Crippen LogP) is 2.82. The van der Waals surface area contributed by atoms with Crippen molar-refractivity contribution in [3.05, 3.63) is 59.7 Å². The number of aliphatic carboxylic acids is 1. The van der Waals surface area contributed by atoms with Crippen molar-refractivity contribution < 1.29 is 24.2 Å². The Labute approximate surface area is 152 Å². The van der Waals surface area contributed by atoms with Crippen LogP contribution in [-0.4, -0.2) is 41.8 Å². The topological polar surface area (TPSA) is 76.1 Å². The zero-order valence-electron chi connectivity index (χ0n) is 14.6. The summed E-state index contributed by atoms with van der Waals surface area (Å²) in [6.07, 6.45) is 0.481. The number of fused-ring (bicyclic) bond motifs is 1. The van der Waals surface area contributed by atoms with Gasteiger partial charge in [-0.1, -0.05) is 31.2 Å². The van der Waals surface area contributed by atoms with E-state index < -0.39 is 11.9 Å². The maximum atomic E-state index is 12.4. The van der Waals surface area contributed by atoms with Crippen LogP contribution in [0.2, 0.25) is 0 Å². The molecule has 6 heteroatoms. The van der Waals surface area contributed by atoms with Crippen LogP contribution in [0.3, 0.4) is 0 Å². The van der Waals surface area contributed by atoms with Crippen molar-refractivity contribution in [3.63, 3.8) is 0 Å². The van der Waals surface area contributed by atoms with Gasteiger partial charge in [0.05, 0.1) is 18.0 Å². The Hall–Kier alpha value is -3.02. The zero-order valence-corrected chi connectivity index (χ0v) is 14.6. The molecule has 0 aromatic heterocycles. The zero-order chi connectivity index (χ0) is 18.5. The number of carboxylic acids is 1. The molecular formula is C20H21NO5. The van der Waals surface area contributed by atoms with Gasteiger partial charge in [0.2, 0.25) is 0 Å². The van der Waals surface area contributed by atoms with E-state index in [0.717, 1.165) is 5.56 Å². The van der Waals surface area contributed by atoms with Crippen molar-refractivity contribution in [3.8, 4) is 11.5 Å². The summed E-state index contributed by atoms with van der Waals surface area (Å²) < 4.78 is 11.3. The molecule has 1 amide bonds. The van der Waals surface area contributed by atoms with Crippen LogP contribution in [0, 0.1) is 5.92 Å². The number of hydrogen-bond acceptors (Lipinski definition) is 4. The Morgan fingerprint density at radius 3 is 2.69 bits per heavy atom. The van der Waals surface area contributed by atoms with Crippen LogP contribution in [0.5, 0.6) is 11.5 Å². The largest absolute Gasteiger partial charge is 0.492 e. The van der Waals surface area contributed by atoms with Crippen LogP contribution < -0.4 is 9.47 Å². The molecule has 1 unspecified atom stereocenters. The van der Waals surface area contributed by atoms with Gasteiger partial charge in [-0.25, -0.2) is 0 Å². The van der Waals surface area contributed by atoms with E-state index in [1.807, 2.05) is 36.4 Å². The Balaban J connectivity index is 1.49. The fraction of sp³-hybridized carbons (Fsp3) is 0.300. The van der Waals surface area contributed by atoms with E-state index in [1.165, 1.54) is 0 Å². The lowest BCUT2D eigenvalue weighted by Gasteiger charge is -2.28. The number of ether oxygens (including phenoxy) is 2. The molecule has 2 aromatic rings. The standard InChI is InChI=1S/C20H21NO5/c1-14(20(23)24)12-15-6-8-16(9-7-15)25-11-10-21-13-26-18-5-3-2-4-17(18)19(21)22/h2-9,14H,10-13H2,1H3,(H,23,24). The first-order chi connectivity index (χ1) is 12.5. The molecule has 0 saturated carbocycles. The van der Waals surface area contributed by atoms with E-state index in [2.05, 4.69) is 0 Å². The quantitative estimate of drug-likeness (QED) is 0.826. The molecule has 26 heavy (non-hydrogen) atoms. The average molecular weight is 355 g/mol. The van der Waals surface area contributed by atoms with Crippen LogP contribution >= 0.6 is 0 Å². The fourth-order valence-corrected chi connectivity index (χ4v) is 2.75. The van der Waals surface area contributed by atoms with Crippen LogP contribution in [0.15, 0.2) is 48.5 Å². The first-order valence-electron chi connectivity index (χ1n) is 8.50. The Morgan fingerprint density at radius 2 is 1.96 bits per heavy atom. The van der Waals surface area contributed by atoms with Gasteiger partial charge in [0, 0.05) is 0 Å². The van der Waals surface area contributed by atoms with Gasteiger partial charge < -0.3 is 19.5 Å². The maximum absolute atomic E-state index is 12.4. The van der Waals surface area contributed by atoms with Gasteiger partial charge in [0.1, 0.15) is 18.1 Å². The van der Waals surface area contributed by atoms with Crippen LogP contribution in [0.4, 0.5) is 0 Å². The maximum Gasteiger partial charge on any atom is 0.306 e. The van der Waals surface area contributed by atoms with Crippen molar-refractivity contribution in [2.75, 3.05) is 19.9 Å². The Kier molecular flexibility index (Phi) is 5.41. The van der Waals surface area contributed by atoms with E-state index >= 15 is 0 Å². The summed E-state index contributed by atoms with van der Waals surface area (Å²) in [4.78, 5) is 24.9. The highest BCUT2D eigenvalue weighted by molar-refractivity contribution is 5.97. The average Bonchev–Trinajstić information content (AvgIpc) is 2.65. The van der Waals surface area contributed by atoms with E-state index in [9.17, 15) is 9.59 Å². The second-order valence-corrected chi connectivity index (χ2v) is 6.27. The monoisotopic (exact) mass is 355 g/mol. The van der Waals surface area contributed by atoms with Crippen molar-refractivity contribution in [1.82, 2.24) is 4.90 Å². The van der Waals surface area contributed by atoms with Gasteiger partial charge >= 0.3 is 5.97 Å². The normalized spacial score (nSPS) is 14.3. The summed E-state index contributed by atoms with van der Waals surface area (Å²) >= 11 is 0. The highest BCUT2D eigenvalue weighted by atomic mass is 16.5. The molecule has 1 aliphatic rings. The molecule has 0 aliphatic carbocycles. The van der Waals surface area contributed by atoms with E-state index in [1.54, 1.807) is 24.0 Å². The highest BCUT2D eigenvalue weighted by Crippen LogP contribution is 2.24. The number of rotatable bonds is 7. The van der Waals surface area contributed by atoms with Gasteiger partial charge in [-0.15, -0.1) is 0 Å². The van der Waals surface area contributed by atoms with Gasteiger partial charge in [0.15, 0.2) is 6.73 Å². The molecule has 0 saturated heterocycles. The number of amides is 1. The third-order valence-corrected chi connectivity index (χ3v) is 4.30. The Bertz CT molecular complexity index is 787. The lowest BCUT2D eigenvalue weighted by molar-refractivity contribution is -0.141. The number of hydrogen-bond donors (Lipinski definition) is 1. The minimum atomic E-state index is -0.805. The summed E-state index contributed by atoms with van der Waals surface area (Å²) in [7, 11) is 0. The van der Waals surface area contributed by atoms with Crippen LogP contribution in [-0.2, 0) is 11.2 Å². The summed E-state index contributed by atoms with van der Waals surface area (Å²) in [5.41, 5.74) is 1.51. The third kappa shape index (κ3) is 4.14. The molecule has 136 valence electrons. The Morgan fingerprint density at radius 1 is 1.23 bits per heavy atom. The fourth-order valence-electron chi connectivity index (χ4n) is 2.75. The van der Waals surface area contributed by atoms with Crippen LogP contribution in [0.1, 0.15) is 22.8 Å². The number of carboxylic acid groups (broad SMARTS) is 1. The van der Waals surface area contributed by atoms with E-state index in [4.69, 9.17) is 14.6 Å². The van der Waals surface area contributed by atoms with E-state index in [0.29, 0.717) is 36.6 Å². The lowest BCUT2D eigenvalue weighted by atomic mass is 10.0. The second kappa shape index (κ2) is 7.91. The molecule has 0 bridgehead atoms. The van der Waals surface area contributed by atoms with Crippen molar-refractivity contribution in [2.45, 2.75) is 13.3 Å². The summed E-state index contributed by atoms with van der Waals surface area (Å²) in [5.74, 6) is 0.00638. The lowest BCUT2D eigenvalue weighted by Crippen LogP contribution is -2.40. The number of benzene rings is 2. The number of carbonyl (C=O) groups excluding carboxylic acids is 1. The second-order valence-electron chi connectivity index (χ2n) is 6.27. The minimum absolute atomic E-state index is 0.0616. The molecule has 0 fully saturated rings. The molecule has 2 aromatic carbocycles. The highest BCUT2D eigenvalue weighted by Gasteiger charge is 2.24. The molecular weight excluding hydrogens is 334 g/mol. The number of nitrogens with zero attached hydrogens (tertiary/aromatic N) is 1. The molecule has 1 heterocycles. The van der Waals surface area contributed by atoms with Gasteiger partial charge in [0.25, 0.3) is 5.91 Å². The van der Waals surface area contributed by atoms with Crippen molar-refractivity contribution >= 4 is 11.9 Å². The minimum Gasteiger partial charge on any atom is -0.492 e. The first-order valence-corrected chi connectivity index (χ1v) is 8.50.